The van der Waals surface area contributed by atoms with Crippen LogP contribution in [-0.4, -0.2) is 24.4 Å². The first kappa shape index (κ1) is 15.5. The Hall–Kier alpha value is -1.85. The first-order chi connectivity index (χ1) is 10.1. The fourth-order valence-corrected chi connectivity index (χ4v) is 2.14. The maximum Gasteiger partial charge on any atom is 0.285 e. The minimum Gasteiger partial charge on any atom is -0.459 e. The number of benzene rings is 1. The Morgan fingerprint density at radius 1 is 1.38 bits per heavy atom. The normalized spacial score (nSPS) is 21.4. The molecule has 0 spiro atoms. The lowest BCUT2D eigenvalue weighted by Crippen LogP contribution is -2.31. The molecule has 0 saturated carbocycles. The van der Waals surface area contributed by atoms with Gasteiger partial charge in [0.1, 0.15) is 0 Å². The molecule has 1 aromatic carbocycles. The predicted molar refractivity (Wildman–Crippen MR) is 78.0 cm³/mol. The number of aliphatic hydroxyl groups is 1. The predicted octanol–water partition coefficient (Wildman–Crippen LogP) is 1.71. The summed E-state index contributed by atoms with van der Waals surface area (Å²) in [6, 6.07) is 7.54. The fraction of sp³-hybridized carbons (Fsp3) is 0.438. The highest BCUT2D eigenvalue weighted by atomic mass is 16.7. The fourth-order valence-electron chi connectivity index (χ4n) is 2.14. The minimum atomic E-state index is -0.421. The molecule has 5 nitrogen and oxygen atoms in total. The summed E-state index contributed by atoms with van der Waals surface area (Å²) in [6.07, 6.45) is 2.11. The Kier molecular flexibility index (Phi) is 5.36. The molecule has 1 heterocycles. The molecule has 5 heteroatoms. The third kappa shape index (κ3) is 4.31. The van der Waals surface area contributed by atoms with Gasteiger partial charge in [-0.05, 0) is 23.1 Å². The van der Waals surface area contributed by atoms with E-state index in [1.54, 1.807) is 7.05 Å². The van der Waals surface area contributed by atoms with Crippen LogP contribution in [0.4, 0.5) is 0 Å². The lowest BCUT2D eigenvalue weighted by molar-refractivity contribution is -0.152. The van der Waals surface area contributed by atoms with E-state index in [-0.39, 0.29) is 18.4 Å². The summed E-state index contributed by atoms with van der Waals surface area (Å²) in [4.78, 5) is 11.6. The van der Waals surface area contributed by atoms with Gasteiger partial charge in [0.15, 0.2) is 5.76 Å². The van der Waals surface area contributed by atoms with Crippen LogP contribution in [0.25, 0.3) is 0 Å². The van der Waals surface area contributed by atoms with Crippen LogP contribution in [0.1, 0.15) is 24.5 Å². The van der Waals surface area contributed by atoms with E-state index in [1.807, 2.05) is 37.3 Å². The van der Waals surface area contributed by atoms with E-state index < -0.39 is 6.29 Å². The number of hydrogen-bond donors (Lipinski definition) is 2. The van der Waals surface area contributed by atoms with E-state index in [0.717, 1.165) is 17.5 Å². The first-order valence-electron chi connectivity index (χ1n) is 7.03. The highest BCUT2D eigenvalue weighted by Gasteiger charge is 2.25. The van der Waals surface area contributed by atoms with Crippen molar-refractivity contribution < 1.29 is 19.4 Å². The monoisotopic (exact) mass is 291 g/mol. The maximum absolute atomic E-state index is 11.6. The molecular weight excluding hydrogens is 270 g/mol. The van der Waals surface area contributed by atoms with Gasteiger partial charge in [-0.3, -0.25) is 4.79 Å². The van der Waals surface area contributed by atoms with Crippen LogP contribution >= 0.6 is 0 Å². The zero-order valence-corrected chi connectivity index (χ0v) is 12.3. The van der Waals surface area contributed by atoms with Crippen LogP contribution in [0.3, 0.4) is 0 Å². The standard InChI is InChI=1S/C16H21NO4/c1-11-7-14(16(19)17-2)21-15(8-11)20-10-13-5-3-12(9-18)4-6-13/h3-7,11,15,18H,8-10H2,1-2H3,(H,17,19)/t11-,15+/m1/s1. The van der Waals surface area contributed by atoms with E-state index >= 15 is 0 Å². The zero-order valence-electron chi connectivity index (χ0n) is 12.3. The Balaban J connectivity index is 1.91. The number of aliphatic hydroxyl groups excluding tert-OH is 1. The van der Waals surface area contributed by atoms with Crippen molar-refractivity contribution in [3.63, 3.8) is 0 Å². The van der Waals surface area contributed by atoms with Crippen LogP contribution in [0.2, 0.25) is 0 Å². The molecule has 1 amide bonds. The van der Waals surface area contributed by atoms with Gasteiger partial charge in [0, 0.05) is 13.5 Å². The van der Waals surface area contributed by atoms with Crippen molar-refractivity contribution in [2.45, 2.75) is 32.8 Å². The summed E-state index contributed by atoms with van der Waals surface area (Å²) in [6.45, 7) is 2.46. The van der Waals surface area contributed by atoms with Crippen LogP contribution in [0, 0.1) is 5.92 Å². The second kappa shape index (κ2) is 7.24. The maximum atomic E-state index is 11.6. The van der Waals surface area contributed by atoms with Gasteiger partial charge in [0.05, 0.1) is 13.2 Å². The molecule has 2 atom stereocenters. The molecule has 0 saturated heterocycles. The van der Waals surface area contributed by atoms with Gasteiger partial charge in [-0.15, -0.1) is 0 Å². The van der Waals surface area contributed by atoms with E-state index in [1.165, 1.54) is 0 Å². The van der Waals surface area contributed by atoms with Gasteiger partial charge in [-0.1, -0.05) is 31.2 Å². The molecule has 1 aliphatic rings. The molecular formula is C16H21NO4. The van der Waals surface area contributed by atoms with Gasteiger partial charge in [0.2, 0.25) is 6.29 Å². The largest absolute Gasteiger partial charge is 0.459 e. The molecule has 0 aromatic heterocycles. The summed E-state index contributed by atoms with van der Waals surface area (Å²) >= 11 is 0. The molecule has 21 heavy (non-hydrogen) atoms. The van der Waals surface area contributed by atoms with Gasteiger partial charge < -0.3 is 19.9 Å². The molecule has 0 aliphatic carbocycles. The van der Waals surface area contributed by atoms with Crippen molar-refractivity contribution in [3.05, 3.63) is 47.2 Å². The molecule has 114 valence electrons. The topological polar surface area (TPSA) is 67.8 Å². The van der Waals surface area contributed by atoms with Crippen LogP contribution in [0.5, 0.6) is 0 Å². The van der Waals surface area contributed by atoms with Crippen molar-refractivity contribution in [2.75, 3.05) is 7.05 Å². The number of ether oxygens (including phenoxy) is 2. The van der Waals surface area contributed by atoms with Crippen molar-refractivity contribution in [2.24, 2.45) is 5.92 Å². The number of likely N-dealkylation sites (N-methyl/N-ethyl adjacent to an activating group) is 1. The second-order valence-electron chi connectivity index (χ2n) is 5.16. The molecule has 0 bridgehead atoms. The summed E-state index contributed by atoms with van der Waals surface area (Å²) in [5, 5.41) is 11.6. The first-order valence-corrected chi connectivity index (χ1v) is 7.03. The van der Waals surface area contributed by atoms with Gasteiger partial charge in [-0.25, -0.2) is 0 Å². The van der Waals surface area contributed by atoms with Crippen LogP contribution in [0.15, 0.2) is 36.1 Å². The zero-order chi connectivity index (χ0) is 15.2. The summed E-state index contributed by atoms with van der Waals surface area (Å²) in [5.41, 5.74) is 1.87. The quantitative estimate of drug-likeness (QED) is 0.866. The summed E-state index contributed by atoms with van der Waals surface area (Å²) < 4.78 is 11.3. The van der Waals surface area contributed by atoms with E-state index in [2.05, 4.69) is 5.32 Å². The SMILES string of the molecule is CNC(=O)C1=C[C@@H](C)C[C@@H](OCc2ccc(CO)cc2)O1. The lowest BCUT2D eigenvalue weighted by Gasteiger charge is -2.27. The van der Waals surface area contributed by atoms with Crippen molar-refractivity contribution in [1.82, 2.24) is 5.32 Å². The number of amides is 1. The number of nitrogens with one attached hydrogen (secondary N) is 1. The number of carbonyl (C=O) groups excluding carboxylic acids is 1. The van der Waals surface area contributed by atoms with E-state index in [0.29, 0.717) is 12.4 Å². The molecule has 1 aliphatic heterocycles. The number of rotatable bonds is 5. The Labute approximate surface area is 124 Å². The average molecular weight is 291 g/mol. The summed E-state index contributed by atoms with van der Waals surface area (Å²) in [5.74, 6) is 0.312. The Morgan fingerprint density at radius 2 is 2.05 bits per heavy atom. The van der Waals surface area contributed by atoms with Crippen molar-refractivity contribution >= 4 is 5.91 Å². The number of carbonyl (C=O) groups is 1. The van der Waals surface area contributed by atoms with Gasteiger partial charge in [0.25, 0.3) is 5.91 Å². The molecule has 0 unspecified atom stereocenters. The van der Waals surface area contributed by atoms with Crippen LogP contribution < -0.4 is 5.32 Å². The molecule has 0 radical (unpaired) electrons. The van der Waals surface area contributed by atoms with Crippen molar-refractivity contribution in [1.29, 1.82) is 0 Å². The summed E-state index contributed by atoms with van der Waals surface area (Å²) in [7, 11) is 1.57. The molecule has 2 N–H and O–H groups in total. The highest BCUT2D eigenvalue weighted by Crippen LogP contribution is 2.23. The Bertz CT molecular complexity index is 510. The second-order valence-corrected chi connectivity index (χ2v) is 5.16. The lowest BCUT2D eigenvalue weighted by atomic mass is 10.0. The minimum absolute atomic E-state index is 0.0324. The molecule has 1 aromatic rings. The average Bonchev–Trinajstić information content (AvgIpc) is 2.52. The third-order valence-corrected chi connectivity index (χ3v) is 3.35. The third-order valence-electron chi connectivity index (χ3n) is 3.35. The number of allylic oxidation sites excluding steroid dienone is 1. The van der Waals surface area contributed by atoms with Crippen molar-refractivity contribution in [3.8, 4) is 0 Å². The van der Waals surface area contributed by atoms with Gasteiger partial charge in [-0.2, -0.15) is 0 Å². The van der Waals surface area contributed by atoms with Crippen LogP contribution in [-0.2, 0) is 27.5 Å². The van der Waals surface area contributed by atoms with E-state index in [4.69, 9.17) is 14.6 Å². The van der Waals surface area contributed by atoms with E-state index in [9.17, 15) is 4.79 Å². The number of hydrogen-bond acceptors (Lipinski definition) is 4. The Morgan fingerprint density at radius 3 is 2.67 bits per heavy atom. The molecule has 2 rings (SSSR count). The highest BCUT2D eigenvalue weighted by molar-refractivity contribution is 5.91. The van der Waals surface area contributed by atoms with Gasteiger partial charge >= 0.3 is 0 Å². The smallest absolute Gasteiger partial charge is 0.285 e. The molecule has 0 fully saturated rings.